The first-order valence-corrected chi connectivity index (χ1v) is 6.92. The third kappa shape index (κ3) is 6.27. The zero-order valence-corrected chi connectivity index (χ0v) is 12.1. The van der Waals surface area contributed by atoms with Crippen molar-refractivity contribution in [1.29, 1.82) is 0 Å². The topological polar surface area (TPSA) is 113 Å². The van der Waals surface area contributed by atoms with Gasteiger partial charge in [-0.15, -0.1) is 0 Å². The van der Waals surface area contributed by atoms with E-state index >= 15 is 0 Å². The Balaban J connectivity index is 2.55. The van der Waals surface area contributed by atoms with Gasteiger partial charge in [-0.1, -0.05) is 19.1 Å². The van der Waals surface area contributed by atoms with Gasteiger partial charge in [0.25, 0.3) is 0 Å². The van der Waals surface area contributed by atoms with E-state index in [1.54, 1.807) is 12.1 Å². The van der Waals surface area contributed by atoms with Crippen LogP contribution in [0.5, 0.6) is 5.75 Å². The lowest BCUT2D eigenvalue weighted by atomic mass is 10.0. The molecule has 5 N–H and O–H groups in total. The van der Waals surface area contributed by atoms with E-state index in [0.717, 1.165) is 5.56 Å². The Morgan fingerprint density at radius 1 is 1.29 bits per heavy atom. The summed E-state index contributed by atoms with van der Waals surface area (Å²) in [4.78, 5) is 23.0. The number of carbonyl (C=O) groups excluding carboxylic acids is 1. The summed E-state index contributed by atoms with van der Waals surface area (Å²) < 4.78 is 0. The first-order chi connectivity index (χ1) is 9.92. The Morgan fingerprint density at radius 3 is 2.43 bits per heavy atom. The summed E-state index contributed by atoms with van der Waals surface area (Å²) in [5.41, 5.74) is 6.21. The number of nitrogens with one attached hydrogen (secondary N) is 1. The highest BCUT2D eigenvalue weighted by atomic mass is 16.4. The minimum Gasteiger partial charge on any atom is -0.508 e. The van der Waals surface area contributed by atoms with Crippen molar-refractivity contribution in [3.8, 4) is 5.75 Å². The zero-order chi connectivity index (χ0) is 15.8. The number of aliphatic carboxylic acids is 1. The number of carboxylic acids is 1. The summed E-state index contributed by atoms with van der Waals surface area (Å²) in [6.07, 6.45) is 1.07. The number of benzene rings is 1. The summed E-state index contributed by atoms with van der Waals surface area (Å²) in [7, 11) is 0. The van der Waals surface area contributed by atoms with Gasteiger partial charge in [0, 0.05) is 12.8 Å². The average Bonchev–Trinajstić information content (AvgIpc) is 2.46. The number of phenolic OH excluding ortho intramolecular Hbond substituents is 1. The van der Waals surface area contributed by atoms with Gasteiger partial charge in [-0.05, 0) is 36.6 Å². The smallest absolute Gasteiger partial charge is 0.326 e. The number of carbonyl (C=O) groups is 2. The molecule has 0 aromatic heterocycles. The molecule has 0 saturated heterocycles. The van der Waals surface area contributed by atoms with Crippen molar-refractivity contribution in [3.05, 3.63) is 29.8 Å². The Labute approximate surface area is 124 Å². The Bertz CT molecular complexity index is 473. The fourth-order valence-electron chi connectivity index (χ4n) is 1.83. The molecule has 1 rings (SSSR count). The van der Waals surface area contributed by atoms with E-state index < -0.39 is 12.0 Å². The highest BCUT2D eigenvalue weighted by molar-refractivity contribution is 5.83. The molecule has 0 aliphatic heterocycles. The molecule has 21 heavy (non-hydrogen) atoms. The third-order valence-corrected chi connectivity index (χ3v) is 3.28. The minimum absolute atomic E-state index is 0.116. The van der Waals surface area contributed by atoms with Crippen molar-refractivity contribution in [1.82, 2.24) is 5.32 Å². The molecule has 1 aromatic rings. The molecule has 2 unspecified atom stereocenters. The molecular formula is C15H22N2O4. The van der Waals surface area contributed by atoms with Crippen LogP contribution in [-0.2, 0) is 16.0 Å². The van der Waals surface area contributed by atoms with Gasteiger partial charge in [0.2, 0.25) is 5.91 Å². The predicted molar refractivity (Wildman–Crippen MR) is 78.8 cm³/mol. The van der Waals surface area contributed by atoms with Gasteiger partial charge < -0.3 is 21.3 Å². The van der Waals surface area contributed by atoms with Gasteiger partial charge in [-0.25, -0.2) is 4.79 Å². The maximum atomic E-state index is 11.8. The van der Waals surface area contributed by atoms with E-state index in [2.05, 4.69) is 5.32 Å². The van der Waals surface area contributed by atoms with Crippen molar-refractivity contribution in [2.24, 2.45) is 11.7 Å². The number of phenols is 1. The van der Waals surface area contributed by atoms with E-state index in [1.807, 2.05) is 6.92 Å². The van der Waals surface area contributed by atoms with Gasteiger partial charge in [-0.2, -0.15) is 0 Å². The van der Waals surface area contributed by atoms with Gasteiger partial charge in [-0.3, -0.25) is 4.79 Å². The molecule has 0 bridgehead atoms. The summed E-state index contributed by atoms with van der Waals surface area (Å²) >= 11 is 0. The fourth-order valence-corrected chi connectivity index (χ4v) is 1.83. The molecule has 0 aliphatic rings. The van der Waals surface area contributed by atoms with E-state index in [9.17, 15) is 19.8 Å². The fraction of sp³-hybridized carbons (Fsp3) is 0.467. The van der Waals surface area contributed by atoms with Crippen LogP contribution in [0.15, 0.2) is 24.3 Å². The van der Waals surface area contributed by atoms with Crippen LogP contribution in [0.2, 0.25) is 0 Å². The van der Waals surface area contributed by atoms with Gasteiger partial charge >= 0.3 is 5.97 Å². The van der Waals surface area contributed by atoms with Crippen LogP contribution in [0.25, 0.3) is 0 Å². The molecule has 0 fully saturated rings. The van der Waals surface area contributed by atoms with Gasteiger partial charge in [0.1, 0.15) is 11.8 Å². The average molecular weight is 294 g/mol. The number of nitrogens with two attached hydrogens (primary N) is 1. The van der Waals surface area contributed by atoms with Gasteiger partial charge in [0.05, 0.1) is 0 Å². The number of carboxylic acid groups (broad SMARTS) is 1. The summed E-state index contributed by atoms with van der Waals surface area (Å²) in [5, 5.41) is 20.9. The summed E-state index contributed by atoms with van der Waals surface area (Å²) in [6.45, 7) is 2.45. The van der Waals surface area contributed by atoms with Crippen molar-refractivity contribution in [2.75, 3.05) is 6.54 Å². The molecule has 6 heteroatoms. The largest absolute Gasteiger partial charge is 0.508 e. The second-order valence-electron chi connectivity index (χ2n) is 5.21. The van der Waals surface area contributed by atoms with Crippen molar-refractivity contribution in [3.63, 3.8) is 0 Å². The van der Waals surface area contributed by atoms with Crippen LogP contribution in [-0.4, -0.2) is 34.7 Å². The molecule has 6 nitrogen and oxygen atoms in total. The standard InChI is InChI=1S/C15H22N2O4/c1-10(9-16)2-7-14(19)17-13(15(20)21)8-11-3-5-12(18)6-4-11/h3-6,10,13,18H,2,7-9,16H2,1H3,(H,17,19)(H,20,21). The molecule has 0 saturated carbocycles. The van der Waals surface area contributed by atoms with Crippen molar-refractivity contribution < 1.29 is 19.8 Å². The van der Waals surface area contributed by atoms with Crippen molar-refractivity contribution in [2.45, 2.75) is 32.2 Å². The molecule has 1 amide bonds. The van der Waals surface area contributed by atoms with E-state index in [4.69, 9.17) is 5.73 Å². The van der Waals surface area contributed by atoms with Crippen LogP contribution in [0.4, 0.5) is 0 Å². The number of hydrogen-bond donors (Lipinski definition) is 4. The monoisotopic (exact) mass is 294 g/mol. The van der Waals surface area contributed by atoms with Crippen LogP contribution >= 0.6 is 0 Å². The lowest BCUT2D eigenvalue weighted by molar-refractivity contribution is -0.141. The van der Waals surface area contributed by atoms with Crippen LogP contribution in [0.1, 0.15) is 25.3 Å². The number of rotatable bonds is 8. The second-order valence-corrected chi connectivity index (χ2v) is 5.21. The maximum Gasteiger partial charge on any atom is 0.326 e. The summed E-state index contributed by atoms with van der Waals surface area (Å²) in [6, 6.07) is 5.26. The predicted octanol–water partition coefficient (Wildman–Crippen LogP) is 0.879. The SMILES string of the molecule is CC(CN)CCC(=O)NC(Cc1ccc(O)cc1)C(=O)O. The first kappa shape index (κ1) is 17.0. The van der Waals surface area contributed by atoms with E-state index in [-0.39, 0.29) is 30.4 Å². The normalized spacial score (nSPS) is 13.4. The Morgan fingerprint density at radius 2 is 1.90 bits per heavy atom. The molecule has 0 spiro atoms. The number of amides is 1. The molecular weight excluding hydrogens is 272 g/mol. The third-order valence-electron chi connectivity index (χ3n) is 3.28. The van der Waals surface area contributed by atoms with Crippen LogP contribution in [0.3, 0.4) is 0 Å². The second kappa shape index (κ2) is 8.26. The quantitative estimate of drug-likeness (QED) is 0.568. The van der Waals surface area contributed by atoms with Gasteiger partial charge in [0.15, 0.2) is 0 Å². The molecule has 1 aromatic carbocycles. The number of hydrogen-bond acceptors (Lipinski definition) is 4. The lowest BCUT2D eigenvalue weighted by Gasteiger charge is -2.15. The van der Waals surface area contributed by atoms with Crippen LogP contribution < -0.4 is 11.1 Å². The number of aromatic hydroxyl groups is 1. The summed E-state index contributed by atoms with van der Waals surface area (Å²) in [5.74, 6) is -1.02. The van der Waals surface area contributed by atoms with Crippen molar-refractivity contribution >= 4 is 11.9 Å². The highest BCUT2D eigenvalue weighted by Crippen LogP contribution is 2.12. The maximum absolute atomic E-state index is 11.8. The Kier molecular flexibility index (Phi) is 6.68. The molecule has 0 heterocycles. The molecule has 116 valence electrons. The zero-order valence-electron chi connectivity index (χ0n) is 12.1. The lowest BCUT2D eigenvalue weighted by Crippen LogP contribution is -2.42. The van der Waals surface area contributed by atoms with E-state index in [0.29, 0.717) is 13.0 Å². The Hall–Kier alpha value is -2.08. The molecule has 0 aliphatic carbocycles. The minimum atomic E-state index is -1.08. The van der Waals surface area contributed by atoms with Crippen LogP contribution in [0, 0.1) is 5.92 Å². The highest BCUT2D eigenvalue weighted by Gasteiger charge is 2.20. The molecule has 2 atom stereocenters. The van der Waals surface area contributed by atoms with E-state index in [1.165, 1.54) is 12.1 Å². The molecule has 0 radical (unpaired) electrons. The first-order valence-electron chi connectivity index (χ1n) is 6.92.